The molecule has 0 saturated carbocycles. The highest BCUT2D eigenvalue weighted by molar-refractivity contribution is 5.93. The van der Waals surface area contributed by atoms with Crippen molar-refractivity contribution in [3.05, 3.63) is 77.7 Å². The number of hydrogen-bond acceptors (Lipinski definition) is 2. The van der Waals surface area contributed by atoms with E-state index in [-0.39, 0.29) is 17.9 Å². The van der Waals surface area contributed by atoms with E-state index in [0.29, 0.717) is 13.1 Å². The number of amides is 1. The van der Waals surface area contributed by atoms with Crippen LogP contribution in [0.4, 0.5) is 5.69 Å². The average Bonchev–Trinajstić information content (AvgIpc) is 2.52. The van der Waals surface area contributed by atoms with E-state index < -0.39 is 0 Å². The highest BCUT2D eigenvalue weighted by atomic mass is 16.2. The van der Waals surface area contributed by atoms with Crippen LogP contribution in [0.1, 0.15) is 6.42 Å². The number of pyridine rings is 1. The number of nitrogens with zero attached hydrogens (tertiary/aromatic N) is 2. The van der Waals surface area contributed by atoms with Crippen LogP contribution in [0.5, 0.6) is 0 Å². The van der Waals surface area contributed by atoms with Crippen molar-refractivity contribution in [3.63, 3.8) is 0 Å². The van der Waals surface area contributed by atoms with E-state index in [2.05, 4.69) is 6.58 Å². The molecule has 0 N–H and O–H groups in total. The van der Waals surface area contributed by atoms with Crippen molar-refractivity contribution in [1.82, 2.24) is 4.57 Å². The molecule has 1 aromatic carbocycles. The number of aromatic nitrogens is 1. The van der Waals surface area contributed by atoms with Gasteiger partial charge in [0.05, 0.1) is 0 Å². The van der Waals surface area contributed by atoms with Crippen molar-refractivity contribution in [2.24, 2.45) is 0 Å². The molecule has 1 heterocycles. The van der Waals surface area contributed by atoms with Gasteiger partial charge in [-0.2, -0.15) is 0 Å². The highest BCUT2D eigenvalue weighted by Gasteiger charge is 2.14. The van der Waals surface area contributed by atoms with Gasteiger partial charge in [0.1, 0.15) is 0 Å². The molecule has 0 radical (unpaired) electrons. The normalized spacial score (nSPS) is 10.1. The van der Waals surface area contributed by atoms with Gasteiger partial charge in [0, 0.05) is 37.5 Å². The van der Waals surface area contributed by atoms with Crippen molar-refractivity contribution in [2.45, 2.75) is 13.0 Å². The monoisotopic (exact) mass is 282 g/mol. The number of anilines is 1. The average molecular weight is 282 g/mol. The molecule has 0 fully saturated rings. The number of para-hydroxylation sites is 1. The van der Waals surface area contributed by atoms with E-state index in [1.54, 1.807) is 29.3 Å². The quantitative estimate of drug-likeness (QED) is 0.764. The molecule has 0 aliphatic rings. The maximum Gasteiger partial charge on any atom is 0.250 e. The smallest absolute Gasteiger partial charge is 0.250 e. The Morgan fingerprint density at radius 3 is 2.52 bits per heavy atom. The maximum absolute atomic E-state index is 12.4. The third kappa shape index (κ3) is 3.92. The van der Waals surface area contributed by atoms with Crippen LogP contribution in [0.2, 0.25) is 0 Å². The Bertz CT molecular complexity index is 662. The Labute approximate surface area is 124 Å². The molecule has 4 nitrogen and oxygen atoms in total. The van der Waals surface area contributed by atoms with Crippen LogP contribution in [0.15, 0.2) is 72.2 Å². The van der Waals surface area contributed by atoms with E-state index in [9.17, 15) is 9.59 Å². The number of benzene rings is 1. The van der Waals surface area contributed by atoms with Crippen molar-refractivity contribution in [3.8, 4) is 0 Å². The summed E-state index contributed by atoms with van der Waals surface area (Å²) < 4.78 is 1.54. The Morgan fingerprint density at radius 1 is 1.14 bits per heavy atom. The molecule has 4 heteroatoms. The molecule has 0 aliphatic heterocycles. The molecule has 0 atom stereocenters. The van der Waals surface area contributed by atoms with E-state index in [1.165, 1.54) is 10.6 Å². The van der Waals surface area contributed by atoms with Crippen molar-refractivity contribution < 1.29 is 4.79 Å². The summed E-state index contributed by atoms with van der Waals surface area (Å²) in [6.07, 6.45) is 3.65. The molecule has 0 aliphatic carbocycles. The van der Waals surface area contributed by atoms with Crippen LogP contribution in [0, 0.1) is 0 Å². The molecule has 1 amide bonds. The summed E-state index contributed by atoms with van der Waals surface area (Å²) in [5.41, 5.74) is 0.739. The fraction of sp³-hybridized carbons (Fsp3) is 0.176. The molecule has 0 saturated heterocycles. The van der Waals surface area contributed by atoms with E-state index in [0.717, 1.165) is 5.69 Å². The number of rotatable bonds is 6. The van der Waals surface area contributed by atoms with Gasteiger partial charge in [-0.1, -0.05) is 30.3 Å². The van der Waals surface area contributed by atoms with Crippen molar-refractivity contribution >= 4 is 11.6 Å². The van der Waals surface area contributed by atoms with Crippen molar-refractivity contribution in [2.75, 3.05) is 11.4 Å². The minimum absolute atomic E-state index is 0.0307. The van der Waals surface area contributed by atoms with E-state index in [1.807, 2.05) is 30.3 Å². The lowest BCUT2D eigenvalue weighted by atomic mass is 10.2. The lowest BCUT2D eigenvalue weighted by Crippen LogP contribution is -2.32. The summed E-state index contributed by atoms with van der Waals surface area (Å²) in [4.78, 5) is 25.7. The SMILES string of the molecule is C=CCN(C(=O)CCn1ccccc1=O)c1ccccc1. The number of aryl methyl sites for hydroxylation is 1. The standard InChI is InChI=1S/C17H18N2O2/c1-2-12-19(15-8-4-3-5-9-15)17(21)11-14-18-13-7-6-10-16(18)20/h2-10,13H,1,11-12,14H2. The molecule has 0 unspecified atom stereocenters. The Kier molecular flexibility index (Phi) is 5.10. The van der Waals surface area contributed by atoms with Gasteiger partial charge in [0.25, 0.3) is 5.56 Å². The molecule has 0 bridgehead atoms. The first-order valence-corrected chi connectivity index (χ1v) is 6.84. The van der Waals surface area contributed by atoms with E-state index in [4.69, 9.17) is 0 Å². The molecule has 0 spiro atoms. The lowest BCUT2D eigenvalue weighted by Gasteiger charge is -2.21. The van der Waals surface area contributed by atoms with Gasteiger partial charge in [0.2, 0.25) is 5.91 Å². The van der Waals surface area contributed by atoms with Crippen LogP contribution in [0.3, 0.4) is 0 Å². The second kappa shape index (κ2) is 7.24. The van der Waals surface area contributed by atoms with Crippen LogP contribution in [-0.2, 0) is 11.3 Å². The van der Waals surface area contributed by atoms with Crippen LogP contribution < -0.4 is 10.5 Å². The van der Waals surface area contributed by atoms with Gasteiger partial charge >= 0.3 is 0 Å². The van der Waals surface area contributed by atoms with Crippen LogP contribution >= 0.6 is 0 Å². The second-order valence-corrected chi connectivity index (χ2v) is 4.61. The van der Waals surface area contributed by atoms with Crippen molar-refractivity contribution in [1.29, 1.82) is 0 Å². The third-order valence-corrected chi connectivity index (χ3v) is 3.15. The zero-order chi connectivity index (χ0) is 15.1. The Balaban J connectivity index is 2.08. The third-order valence-electron chi connectivity index (χ3n) is 3.15. The summed E-state index contributed by atoms with van der Waals surface area (Å²) in [6, 6.07) is 14.4. The van der Waals surface area contributed by atoms with Gasteiger partial charge in [-0.15, -0.1) is 6.58 Å². The minimum Gasteiger partial charge on any atom is -0.315 e. The topological polar surface area (TPSA) is 42.3 Å². The van der Waals surface area contributed by atoms with Gasteiger partial charge < -0.3 is 9.47 Å². The van der Waals surface area contributed by atoms with Gasteiger partial charge in [-0.3, -0.25) is 9.59 Å². The summed E-state index contributed by atoms with van der Waals surface area (Å²) in [7, 11) is 0. The van der Waals surface area contributed by atoms with E-state index >= 15 is 0 Å². The molecule has 2 aromatic rings. The number of carbonyl (C=O) groups excluding carboxylic acids is 1. The first-order valence-electron chi connectivity index (χ1n) is 6.84. The molecule has 2 rings (SSSR count). The van der Waals surface area contributed by atoms with Gasteiger partial charge in [-0.25, -0.2) is 0 Å². The minimum atomic E-state index is -0.0970. The summed E-state index contributed by atoms with van der Waals surface area (Å²) in [5, 5.41) is 0. The number of hydrogen-bond donors (Lipinski definition) is 0. The molecular formula is C17H18N2O2. The number of carbonyl (C=O) groups is 1. The summed E-state index contributed by atoms with van der Waals surface area (Å²) >= 11 is 0. The predicted octanol–water partition coefficient (Wildman–Crippen LogP) is 2.46. The zero-order valence-corrected chi connectivity index (χ0v) is 11.8. The highest BCUT2D eigenvalue weighted by Crippen LogP contribution is 2.14. The molecule has 1 aromatic heterocycles. The second-order valence-electron chi connectivity index (χ2n) is 4.61. The Hall–Kier alpha value is -2.62. The first-order chi connectivity index (χ1) is 10.2. The van der Waals surface area contributed by atoms with Gasteiger partial charge in [0.15, 0.2) is 0 Å². The molecular weight excluding hydrogens is 264 g/mol. The maximum atomic E-state index is 12.4. The molecule has 21 heavy (non-hydrogen) atoms. The first kappa shape index (κ1) is 14.8. The van der Waals surface area contributed by atoms with Gasteiger partial charge in [-0.05, 0) is 18.2 Å². The lowest BCUT2D eigenvalue weighted by molar-refractivity contribution is -0.118. The largest absolute Gasteiger partial charge is 0.315 e. The Morgan fingerprint density at radius 2 is 1.86 bits per heavy atom. The van der Waals surface area contributed by atoms with Crippen LogP contribution in [0.25, 0.3) is 0 Å². The summed E-state index contributed by atoms with van der Waals surface area (Å²) in [5.74, 6) is -0.0307. The fourth-order valence-electron chi connectivity index (χ4n) is 2.08. The fourth-order valence-corrected chi connectivity index (χ4v) is 2.08. The molecule has 108 valence electrons. The summed E-state index contributed by atoms with van der Waals surface area (Å²) in [6.45, 7) is 4.52. The van der Waals surface area contributed by atoms with Crippen LogP contribution in [-0.4, -0.2) is 17.0 Å². The predicted molar refractivity (Wildman–Crippen MR) is 84.3 cm³/mol. The zero-order valence-electron chi connectivity index (χ0n) is 11.8.